The normalized spacial score (nSPS) is 26.0. The SMILES string of the molecule is C[C@H]1[C@H](c2nccs2)OC(=O)N1C(C)(C)C. The number of ether oxygens (including phenoxy) is 1. The van der Waals surface area contributed by atoms with Crippen molar-refractivity contribution < 1.29 is 9.53 Å². The number of hydrogen-bond donors (Lipinski definition) is 0. The minimum atomic E-state index is -0.250. The first-order chi connectivity index (χ1) is 7.41. The summed E-state index contributed by atoms with van der Waals surface area (Å²) in [4.78, 5) is 17.8. The van der Waals surface area contributed by atoms with Crippen LogP contribution in [0.1, 0.15) is 38.8 Å². The minimum absolute atomic E-state index is 0.0265. The van der Waals surface area contributed by atoms with Gasteiger partial charge in [0, 0.05) is 17.1 Å². The first kappa shape index (κ1) is 11.4. The molecule has 2 rings (SSSR count). The van der Waals surface area contributed by atoms with Crippen molar-refractivity contribution in [3.8, 4) is 0 Å². The fourth-order valence-electron chi connectivity index (χ4n) is 2.08. The van der Waals surface area contributed by atoms with Gasteiger partial charge in [-0.05, 0) is 27.7 Å². The van der Waals surface area contributed by atoms with Crippen molar-refractivity contribution in [3.63, 3.8) is 0 Å². The fraction of sp³-hybridized carbons (Fsp3) is 0.636. The molecule has 0 bridgehead atoms. The van der Waals surface area contributed by atoms with E-state index < -0.39 is 0 Å². The topological polar surface area (TPSA) is 42.4 Å². The van der Waals surface area contributed by atoms with Gasteiger partial charge < -0.3 is 4.74 Å². The molecule has 4 nitrogen and oxygen atoms in total. The third-order valence-corrected chi connectivity index (χ3v) is 3.52. The maximum atomic E-state index is 11.8. The number of carbonyl (C=O) groups is 1. The summed E-state index contributed by atoms with van der Waals surface area (Å²) in [6.45, 7) is 8.03. The van der Waals surface area contributed by atoms with Crippen molar-refractivity contribution in [2.75, 3.05) is 0 Å². The summed E-state index contributed by atoms with van der Waals surface area (Å²) in [6.07, 6.45) is 1.26. The van der Waals surface area contributed by atoms with Gasteiger partial charge in [0.15, 0.2) is 6.10 Å². The van der Waals surface area contributed by atoms with Crippen molar-refractivity contribution in [1.29, 1.82) is 0 Å². The third-order valence-electron chi connectivity index (χ3n) is 2.69. The first-order valence-electron chi connectivity index (χ1n) is 5.30. The van der Waals surface area contributed by atoms with Gasteiger partial charge >= 0.3 is 6.09 Å². The number of nitrogens with zero attached hydrogens (tertiary/aromatic N) is 2. The molecule has 0 N–H and O–H groups in total. The Morgan fingerprint density at radius 1 is 1.50 bits per heavy atom. The Kier molecular flexibility index (Phi) is 2.66. The van der Waals surface area contributed by atoms with Crippen LogP contribution in [0.4, 0.5) is 4.79 Å². The molecular formula is C11H16N2O2S. The van der Waals surface area contributed by atoms with E-state index in [0.29, 0.717) is 0 Å². The zero-order valence-electron chi connectivity index (χ0n) is 9.93. The van der Waals surface area contributed by atoms with Crippen LogP contribution in [0.15, 0.2) is 11.6 Å². The lowest BCUT2D eigenvalue weighted by Crippen LogP contribution is -2.46. The molecule has 1 fully saturated rings. The predicted molar refractivity (Wildman–Crippen MR) is 62.4 cm³/mol. The van der Waals surface area contributed by atoms with Gasteiger partial charge in [0.25, 0.3) is 0 Å². The van der Waals surface area contributed by atoms with Gasteiger partial charge in [-0.1, -0.05) is 0 Å². The van der Waals surface area contributed by atoms with E-state index in [1.54, 1.807) is 11.1 Å². The van der Waals surface area contributed by atoms with E-state index in [4.69, 9.17) is 4.74 Å². The lowest BCUT2D eigenvalue weighted by Gasteiger charge is -2.33. The van der Waals surface area contributed by atoms with Crippen LogP contribution in [0, 0.1) is 0 Å². The van der Waals surface area contributed by atoms with Gasteiger partial charge in [0.2, 0.25) is 0 Å². The van der Waals surface area contributed by atoms with Gasteiger partial charge in [0.05, 0.1) is 6.04 Å². The highest BCUT2D eigenvalue weighted by Gasteiger charge is 2.45. The smallest absolute Gasteiger partial charge is 0.411 e. The molecule has 1 amide bonds. The molecule has 16 heavy (non-hydrogen) atoms. The summed E-state index contributed by atoms with van der Waals surface area (Å²) in [5.74, 6) is 0. The second-order valence-electron chi connectivity index (χ2n) is 4.96. The van der Waals surface area contributed by atoms with Crippen molar-refractivity contribution in [2.45, 2.75) is 45.4 Å². The predicted octanol–water partition coefficient (Wildman–Crippen LogP) is 2.82. The van der Waals surface area contributed by atoms with Crippen LogP contribution in [0.3, 0.4) is 0 Å². The number of amides is 1. The lowest BCUT2D eigenvalue weighted by molar-refractivity contribution is 0.119. The van der Waals surface area contributed by atoms with Crippen molar-refractivity contribution in [3.05, 3.63) is 16.6 Å². The van der Waals surface area contributed by atoms with E-state index in [1.165, 1.54) is 11.3 Å². The van der Waals surface area contributed by atoms with Crippen LogP contribution in [0.5, 0.6) is 0 Å². The van der Waals surface area contributed by atoms with E-state index in [-0.39, 0.29) is 23.8 Å². The van der Waals surface area contributed by atoms with E-state index in [0.717, 1.165) is 5.01 Å². The summed E-state index contributed by atoms with van der Waals surface area (Å²) in [7, 11) is 0. The Hall–Kier alpha value is -1.10. The Bertz CT molecular complexity index is 383. The molecule has 0 unspecified atom stereocenters. The maximum absolute atomic E-state index is 11.8. The molecule has 0 aliphatic carbocycles. The van der Waals surface area contributed by atoms with Crippen LogP contribution in [0.2, 0.25) is 0 Å². The van der Waals surface area contributed by atoms with Gasteiger partial charge in [-0.25, -0.2) is 9.78 Å². The van der Waals surface area contributed by atoms with Crippen molar-refractivity contribution >= 4 is 17.4 Å². The van der Waals surface area contributed by atoms with Gasteiger partial charge in [0.1, 0.15) is 5.01 Å². The summed E-state index contributed by atoms with van der Waals surface area (Å²) < 4.78 is 5.39. The second-order valence-corrected chi connectivity index (χ2v) is 5.88. The molecule has 1 aromatic heterocycles. The maximum Gasteiger partial charge on any atom is 0.411 e. The number of rotatable bonds is 1. The zero-order valence-corrected chi connectivity index (χ0v) is 10.7. The van der Waals surface area contributed by atoms with E-state index in [1.807, 2.05) is 33.1 Å². The molecule has 0 aromatic carbocycles. The van der Waals surface area contributed by atoms with Gasteiger partial charge in [-0.15, -0.1) is 11.3 Å². The first-order valence-corrected chi connectivity index (χ1v) is 6.18. The Balaban J connectivity index is 2.26. The zero-order chi connectivity index (χ0) is 11.9. The number of hydrogen-bond acceptors (Lipinski definition) is 4. The molecule has 1 aliphatic rings. The van der Waals surface area contributed by atoms with Gasteiger partial charge in [-0.3, -0.25) is 4.90 Å². The standard InChI is InChI=1S/C11H16N2O2S/c1-7-8(9-12-5-6-16-9)15-10(14)13(7)11(2,3)4/h5-8H,1-4H3/t7-,8+/m0/s1. The molecule has 0 spiro atoms. The molecule has 0 radical (unpaired) electrons. The summed E-state index contributed by atoms with van der Waals surface area (Å²) in [5.41, 5.74) is -0.220. The van der Waals surface area contributed by atoms with E-state index in [9.17, 15) is 4.79 Å². The average Bonchev–Trinajstić information content (AvgIpc) is 2.71. The largest absolute Gasteiger partial charge is 0.436 e. The van der Waals surface area contributed by atoms with Crippen LogP contribution in [0.25, 0.3) is 0 Å². The van der Waals surface area contributed by atoms with Crippen LogP contribution >= 0.6 is 11.3 Å². The Labute approximate surface area is 99.2 Å². The molecule has 5 heteroatoms. The summed E-state index contributed by atoms with van der Waals surface area (Å²) in [6, 6.07) is 0.0265. The highest BCUT2D eigenvalue weighted by Crippen LogP contribution is 2.37. The fourth-order valence-corrected chi connectivity index (χ4v) is 2.84. The van der Waals surface area contributed by atoms with Crippen LogP contribution < -0.4 is 0 Å². The molecule has 2 heterocycles. The van der Waals surface area contributed by atoms with Crippen LogP contribution in [-0.4, -0.2) is 27.6 Å². The summed E-state index contributed by atoms with van der Waals surface area (Å²) >= 11 is 1.52. The highest BCUT2D eigenvalue weighted by molar-refractivity contribution is 7.09. The number of carbonyl (C=O) groups excluding carboxylic acids is 1. The number of aromatic nitrogens is 1. The number of thiazole rings is 1. The van der Waals surface area contributed by atoms with Crippen LogP contribution in [-0.2, 0) is 4.74 Å². The molecule has 1 saturated heterocycles. The monoisotopic (exact) mass is 240 g/mol. The Morgan fingerprint density at radius 3 is 2.62 bits per heavy atom. The summed E-state index contributed by atoms with van der Waals surface area (Å²) in [5, 5.41) is 2.77. The molecule has 1 aromatic rings. The molecule has 88 valence electrons. The lowest BCUT2D eigenvalue weighted by atomic mass is 10.0. The second kappa shape index (κ2) is 3.73. The van der Waals surface area contributed by atoms with E-state index in [2.05, 4.69) is 4.98 Å². The Morgan fingerprint density at radius 2 is 2.19 bits per heavy atom. The molecule has 0 saturated carbocycles. The van der Waals surface area contributed by atoms with Crippen molar-refractivity contribution in [1.82, 2.24) is 9.88 Å². The quantitative estimate of drug-likeness (QED) is 0.758. The third kappa shape index (κ3) is 1.80. The molecule has 1 aliphatic heterocycles. The minimum Gasteiger partial charge on any atom is -0.436 e. The van der Waals surface area contributed by atoms with Gasteiger partial charge in [-0.2, -0.15) is 0 Å². The van der Waals surface area contributed by atoms with Crippen molar-refractivity contribution in [2.24, 2.45) is 0 Å². The average molecular weight is 240 g/mol. The number of cyclic esters (lactones) is 1. The molecular weight excluding hydrogens is 224 g/mol. The highest BCUT2D eigenvalue weighted by atomic mass is 32.1. The molecule has 2 atom stereocenters. The van der Waals surface area contributed by atoms with E-state index >= 15 is 0 Å².